The topological polar surface area (TPSA) is 17.1 Å². The van der Waals surface area contributed by atoms with E-state index in [-0.39, 0.29) is 5.78 Å². The molecular weight excluding hydrogens is 344 g/mol. The third-order valence-electron chi connectivity index (χ3n) is 2.58. The summed E-state index contributed by atoms with van der Waals surface area (Å²) in [6.07, 6.45) is 0.537. The van der Waals surface area contributed by atoms with Gasteiger partial charge in [0.05, 0.1) is 0 Å². The Morgan fingerprint density at radius 1 is 1.05 bits per heavy atom. The summed E-state index contributed by atoms with van der Waals surface area (Å²) < 4.78 is 0.986. The lowest BCUT2D eigenvalue weighted by atomic mass is 10.1. The average Bonchev–Trinajstić information content (AvgIpc) is 2.41. The zero-order valence-corrected chi connectivity index (χ0v) is 13.3. The molecule has 0 aliphatic carbocycles. The van der Waals surface area contributed by atoms with Crippen molar-refractivity contribution < 1.29 is 4.79 Å². The van der Waals surface area contributed by atoms with Crippen molar-refractivity contribution in [3.8, 4) is 0 Å². The van der Waals surface area contributed by atoms with Crippen molar-refractivity contribution in [1.29, 1.82) is 0 Å². The van der Waals surface area contributed by atoms with Crippen LogP contribution in [0.5, 0.6) is 0 Å². The van der Waals surface area contributed by atoms with Crippen LogP contribution in [0.3, 0.4) is 0 Å². The number of carbonyl (C=O) groups is 1. The highest BCUT2D eigenvalue weighted by Crippen LogP contribution is 2.21. The quantitative estimate of drug-likeness (QED) is 0.523. The van der Waals surface area contributed by atoms with Crippen LogP contribution in [0.25, 0.3) is 0 Å². The monoisotopic (exact) mass is 354 g/mol. The van der Waals surface area contributed by atoms with E-state index in [0.29, 0.717) is 6.42 Å². The molecule has 0 saturated heterocycles. The summed E-state index contributed by atoms with van der Waals surface area (Å²) in [4.78, 5) is 13.1. The van der Waals surface area contributed by atoms with Gasteiger partial charge in [-0.25, -0.2) is 0 Å². The summed E-state index contributed by atoms with van der Waals surface area (Å²) >= 11 is 10.8. The lowest BCUT2D eigenvalue weighted by Crippen LogP contribution is -2.00. The predicted molar refractivity (Wildman–Crippen MR) is 85.3 cm³/mol. The van der Waals surface area contributed by atoms with Crippen LogP contribution in [-0.4, -0.2) is 11.5 Å². The third-order valence-corrected chi connectivity index (χ3v) is 4.37. The van der Waals surface area contributed by atoms with E-state index < -0.39 is 0 Å². The third kappa shape index (κ3) is 4.68. The fraction of sp³-hybridized carbons (Fsp3) is 0.133. The van der Waals surface area contributed by atoms with Crippen LogP contribution in [0.2, 0.25) is 5.02 Å². The molecule has 2 aromatic carbocycles. The molecule has 0 heterocycles. The summed E-state index contributed by atoms with van der Waals surface area (Å²) in [7, 11) is 0. The van der Waals surface area contributed by atoms with Crippen molar-refractivity contribution in [3.05, 3.63) is 63.6 Å². The first-order valence-corrected chi connectivity index (χ1v) is 7.98. The van der Waals surface area contributed by atoms with Crippen LogP contribution in [0.15, 0.2) is 57.9 Å². The number of Topliss-reactive ketones (excluding diaryl/α,β-unsaturated/α-hetero) is 1. The number of thioether (sulfide) groups is 1. The molecule has 0 unspecified atom stereocenters. The van der Waals surface area contributed by atoms with E-state index in [4.69, 9.17) is 11.6 Å². The Balaban J connectivity index is 1.84. The minimum Gasteiger partial charge on any atom is -0.294 e. The molecule has 0 spiro atoms. The van der Waals surface area contributed by atoms with Gasteiger partial charge in [0.2, 0.25) is 0 Å². The number of halogens is 2. The Labute approximate surface area is 130 Å². The van der Waals surface area contributed by atoms with Gasteiger partial charge in [0.25, 0.3) is 0 Å². The zero-order chi connectivity index (χ0) is 13.7. The van der Waals surface area contributed by atoms with Gasteiger partial charge in [0.1, 0.15) is 0 Å². The minimum atomic E-state index is 0.175. The molecular formula is C15H12BrClOS. The lowest BCUT2D eigenvalue weighted by molar-refractivity contribution is 0.0989. The number of hydrogen-bond acceptors (Lipinski definition) is 2. The van der Waals surface area contributed by atoms with E-state index in [9.17, 15) is 4.79 Å². The van der Waals surface area contributed by atoms with Crippen LogP contribution in [-0.2, 0) is 0 Å². The first-order valence-electron chi connectivity index (χ1n) is 5.82. The Bertz CT molecular complexity index is 551. The molecule has 0 bridgehead atoms. The molecule has 0 aliphatic heterocycles. The molecule has 19 heavy (non-hydrogen) atoms. The fourth-order valence-electron chi connectivity index (χ4n) is 1.57. The molecule has 0 atom stereocenters. The maximum atomic E-state index is 12.0. The lowest BCUT2D eigenvalue weighted by Gasteiger charge is -2.02. The Morgan fingerprint density at radius 2 is 1.68 bits per heavy atom. The van der Waals surface area contributed by atoms with Gasteiger partial charge in [-0.05, 0) is 36.4 Å². The fourth-order valence-corrected chi connectivity index (χ4v) is 2.81. The van der Waals surface area contributed by atoms with Gasteiger partial charge < -0.3 is 0 Å². The molecule has 2 rings (SSSR count). The standard InChI is InChI=1S/C15H12BrClOS/c16-12-3-1-11(2-4-12)15(18)9-10-19-14-7-5-13(17)6-8-14/h1-8H,9-10H2. The Morgan fingerprint density at radius 3 is 2.32 bits per heavy atom. The normalized spacial score (nSPS) is 10.4. The molecule has 1 nitrogen and oxygen atoms in total. The smallest absolute Gasteiger partial charge is 0.163 e. The minimum absolute atomic E-state index is 0.175. The highest BCUT2D eigenvalue weighted by molar-refractivity contribution is 9.10. The van der Waals surface area contributed by atoms with Gasteiger partial charge in [0.15, 0.2) is 5.78 Å². The van der Waals surface area contributed by atoms with Gasteiger partial charge in [-0.1, -0.05) is 39.7 Å². The highest BCUT2D eigenvalue weighted by Gasteiger charge is 2.05. The van der Waals surface area contributed by atoms with Gasteiger partial charge >= 0.3 is 0 Å². The molecule has 0 amide bonds. The molecule has 0 N–H and O–H groups in total. The molecule has 0 radical (unpaired) electrons. The van der Waals surface area contributed by atoms with Crippen LogP contribution >= 0.6 is 39.3 Å². The van der Waals surface area contributed by atoms with Crippen molar-refractivity contribution in [2.75, 3.05) is 5.75 Å². The van der Waals surface area contributed by atoms with Crippen molar-refractivity contribution in [2.45, 2.75) is 11.3 Å². The first kappa shape index (κ1) is 14.6. The van der Waals surface area contributed by atoms with Crippen molar-refractivity contribution in [1.82, 2.24) is 0 Å². The second-order valence-corrected chi connectivity index (χ2v) is 6.50. The summed E-state index contributed by atoms with van der Waals surface area (Å²) in [5.41, 5.74) is 0.764. The molecule has 0 aromatic heterocycles. The first-order chi connectivity index (χ1) is 9.15. The Kier molecular flexibility index (Phi) is 5.49. The predicted octanol–water partition coefficient (Wildman–Crippen LogP) is 5.47. The molecule has 0 saturated carbocycles. The molecule has 0 aliphatic rings. The molecule has 0 fully saturated rings. The summed E-state index contributed by atoms with van der Waals surface area (Å²) in [5.74, 6) is 0.949. The van der Waals surface area contributed by atoms with Crippen LogP contribution in [0.4, 0.5) is 0 Å². The maximum absolute atomic E-state index is 12.0. The Hall–Kier alpha value is -0.770. The second-order valence-electron chi connectivity index (χ2n) is 3.98. The number of benzene rings is 2. The summed E-state index contributed by atoms with van der Waals surface area (Å²) in [6, 6.07) is 15.1. The van der Waals surface area contributed by atoms with E-state index >= 15 is 0 Å². The average molecular weight is 356 g/mol. The summed E-state index contributed by atoms with van der Waals surface area (Å²) in [6.45, 7) is 0. The van der Waals surface area contributed by atoms with Crippen molar-refractivity contribution >= 4 is 45.1 Å². The van der Waals surface area contributed by atoms with E-state index in [2.05, 4.69) is 15.9 Å². The van der Waals surface area contributed by atoms with Gasteiger partial charge in [-0.2, -0.15) is 0 Å². The van der Waals surface area contributed by atoms with E-state index in [1.807, 2.05) is 48.5 Å². The SMILES string of the molecule is O=C(CCSc1ccc(Cl)cc1)c1ccc(Br)cc1. The number of ketones is 1. The molecule has 2 aromatic rings. The molecule has 4 heteroatoms. The van der Waals surface area contributed by atoms with E-state index in [1.165, 1.54) is 0 Å². The molecule has 98 valence electrons. The number of hydrogen-bond donors (Lipinski definition) is 0. The van der Waals surface area contributed by atoms with Crippen LogP contribution in [0, 0.1) is 0 Å². The van der Waals surface area contributed by atoms with Crippen LogP contribution < -0.4 is 0 Å². The van der Waals surface area contributed by atoms with Crippen LogP contribution in [0.1, 0.15) is 16.8 Å². The maximum Gasteiger partial charge on any atom is 0.163 e. The summed E-state index contributed by atoms with van der Waals surface area (Å²) in [5, 5.41) is 0.732. The van der Waals surface area contributed by atoms with E-state index in [0.717, 1.165) is 25.7 Å². The zero-order valence-electron chi connectivity index (χ0n) is 10.1. The van der Waals surface area contributed by atoms with E-state index in [1.54, 1.807) is 11.8 Å². The van der Waals surface area contributed by atoms with Gasteiger partial charge in [0, 0.05) is 32.1 Å². The van der Waals surface area contributed by atoms with Gasteiger partial charge in [-0.3, -0.25) is 4.79 Å². The largest absolute Gasteiger partial charge is 0.294 e. The van der Waals surface area contributed by atoms with Crippen molar-refractivity contribution in [3.63, 3.8) is 0 Å². The van der Waals surface area contributed by atoms with Gasteiger partial charge in [-0.15, -0.1) is 11.8 Å². The van der Waals surface area contributed by atoms with Crippen molar-refractivity contribution in [2.24, 2.45) is 0 Å². The second kappa shape index (κ2) is 7.13. The highest BCUT2D eigenvalue weighted by atomic mass is 79.9. The number of rotatable bonds is 5. The number of carbonyl (C=O) groups excluding carboxylic acids is 1.